The molecular formula is C21H18ClN5O2S. The van der Waals surface area contributed by atoms with Crippen LogP contribution < -0.4 is 10.9 Å². The quantitative estimate of drug-likeness (QED) is 0.353. The molecule has 0 saturated heterocycles. The standard InChI is InChI=1S/C21H18ClN5O2S/c22-15-6-8-17(9-7-15)30-11-10-23-19(28)13-26-14-24-20-18(21(26)29)12-25-27(20)16-4-2-1-3-5-16/h1-9,12,14H,10-11,13H2,(H,23,28). The Hall–Kier alpha value is -3.10. The molecule has 4 rings (SSSR count). The van der Waals surface area contributed by atoms with Crippen LogP contribution in [-0.4, -0.2) is 37.5 Å². The van der Waals surface area contributed by atoms with Crippen molar-refractivity contribution in [3.63, 3.8) is 0 Å². The fourth-order valence-corrected chi connectivity index (χ4v) is 3.81. The molecule has 1 amide bonds. The molecule has 0 aliphatic heterocycles. The highest BCUT2D eigenvalue weighted by Crippen LogP contribution is 2.19. The molecule has 9 heteroatoms. The van der Waals surface area contributed by atoms with E-state index in [0.717, 1.165) is 10.6 Å². The molecule has 0 unspecified atom stereocenters. The highest BCUT2D eigenvalue weighted by molar-refractivity contribution is 7.99. The van der Waals surface area contributed by atoms with Gasteiger partial charge in [-0.3, -0.25) is 14.2 Å². The summed E-state index contributed by atoms with van der Waals surface area (Å²) in [6.07, 6.45) is 2.86. The summed E-state index contributed by atoms with van der Waals surface area (Å²) in [5.74, 6) is 0.467. The van der Waals surface area contributed by atoms with Gasteiger partial charge in [0.2, 0.25) is 5.91 Å². The summed E-state index contributed by atoms with van der Waals surface area (Å²) in [5, 5.41) is 8.16. The van der Waals surface area contributed by atoms with Crippen molar-refractivity contribution in [3.05, 3.63) is 82.5 Å². The van der Waals surface area contributed by atoms with Gasteiger partial charge in [0, 0.05) is 22.2 Å². The summed E-state index contributed by atoms with van der Waals surface area (Å²) in [7, 11) is 0. The van der Waals surface area contributed by atoms with Gasteiger partial charge in [0.05, 0.1) is 11.9 Å². The topological polar surface area (TPSA) is 81.8 Å². The van der Waals surface area contributed by atoms with Crippen molar-refractivity contribution in [2.75, 3.05) is 12.3 Å². The maximum Gasteiger partial charge on any atom is 0.264 e. The van der Waals surface area contributed by atoms with E-state index in [-0.39, 0.29) is 18.0 Å². The molecule has 30 heavy (non-hydrogen) atoms. The van der Waals surface area contributed by atoms with Crippen LogP contribution >= 0.6 is 23.4 Å². The zero-order chi connectivity index (χ0) is 20.9. The molecule has 4 aromatic rings. The molecule has 152 valence electrons. The van der Waals surface area contributed by atoms with E-state index in [1.54, 1.807) is 16.4 Å². The second kappa shape index (κ2) is 9.15. The second-order valence-electron chi connectivity index (χ2n) is 6.46. The molecule has 2 aromatic carbocycles. The van der Waals surface area contributed by atoms with Gasteiger partial charge < -0.3 is 5.32 Å². The summed E-state index contributed by atoms with van der Waals surface area (Å²) in [4.78, 5) is 30.4. The first-order valence-electron chi connectivity index (χ1n) is 9.25. The molecule has 7 nitrogen and oxygen atoms in total. The van der Waals surface area contributed by atoms with Crippen molar-refractivity contribution in [1.82, 2.24) is 24.6 Å². The fraction of sp³-hybridized carbons (Fsp3) is 0.143. The zero-order valence-electron chi connectivity index (χ0n) is 15.9. The Morgan fingerprint density at radius 3 is 2.63 bits per heavy atom. The van der Waals surface area contributed by atoms with Crippen LogP contribution in [0.3, 0.4) is 0 Å². The predicted molar refractivity (Wildman–Crippen MR) is 118 cm³/mol. The smallest absolute Gasteiger partial charge is 0.264 e. The van der Waals surface area contributed by atoms with Crippen LogP contribution in [0.15, 0.2) is 76.8 Å². The number of aromatic nitrogens is 4. The Labute approximate surface area is 181 Å². The first-order valence-corrected chi connectivity index (χ1v) is 10.6. The maximum absolute atomic E-state index is 12.7. The van der Waals surface area contributed by atoms with Gasteiger partial charge in [-0.15, -0.1) is 11.8 Å². The Bertz CT molecular complexity index is 1220. The second-order valence-corrected chi connectivity index (χ2v) is 8.06. The number of benzene rings is 2. The Morgan fingerprint density at radius 1 is 1.10 bits per heavy atom. The maximum atomic E-state index is 12.7. The lowest BCUT2D eigenvalue weighted by molar-refractivity contribution is -0.121. The van der Waals surface area contributed by atoms with Crippen LogP contribution in [0, 0.1) is 0 Å². The van der Waals surface area contributed by atoms with Crippen LogP contribution in [0.4, 0.5) is 0 Å². The average Bonchev–Trinajstić information content (AvgIpc) is 3.20. The number of carbonyl (C=O) groups excluding carboxylic acids is 1. The number of rotatable bonds is 7. The lowest BCUT2D eigenvalue weighted by Crippen LogP contribution is -2.33. The number of para-hydroxylation sites is 1. The summed E-state index contributed by atoms with van der Waals surface area (Å²) < 4.78 is 2.90. The van der Waals surface area contributed by atoms with Crippen molar-refractivity contribution >= 4 is 40.3 Å². The molecule has 0 aliphatic rings. The Balaban J connectivity index is 1.37. The van der Waals surface area contributed by atoms with Gasteiger partial charge in [-0.1, -0.05) is 29.8 Å². The number of carbonyl (C=O) groups is 1. The molecular weight excluding hydrogens is 422 g/mol. The Morgan fingerprint density at radius 2 is 1.87 bits per heavy atom. The summed E-state index contributed by atoms with van der Waals surface area (Å²) in [6, 6.07) is 17.0. The molecule has 2 aromatic heterocycles. The normalized spacial score (nSPS) is 11.0. The average molecular weight is 440 g/mol. The SMILES string of the molecule is O=C(Cn1cnc2c(cnn2-c2ccccc2)c1=O)NCCSc1ccc(Cl)cc1. The number of halogens is 1. The molecule has 0 bridgehead atoms. The number of fused-ring (bicyclic) bond motifs is 1. The van der Waals surface area contributed by atoms with Gasteiger partial charge in [0.1, 0.15) is 18.3 Å². The van der Waals surface area contributed by atoms with E-state index < -0.39 is 0 Å². The van der Waals surface area contributed by atoms with Crippen molar-refractivity contribution in [1.29, 1.82) is 0 Å². The van der Waals surface area contributed by atoms with E-state index >= 15 is 0 Å². The van der Waals surface area contributed by atoms with Gasteiger partial charge in [0.15, 0.2) is 5.65 Å². The molecule has 0 spiro atoms. The van der Waals surface area contributed by atoms with Gasteiger partial charge >= 0.3 is 0 Å². The molecule has 0 saturated carbocycles. The van der Waals surface area contributed by atoms with Gasteiger partial charge in [0.25, 0.3) is 5.56 Å². The van der Waals surface area contributed by atoms with Crippen molar-refractivity contribution in [2.24, 2.45) is 0 Å². The van der Waals surface area contributed by atoms with E-state index in [2.05, 4.69) is 15.4 Å². The third kappa shape index (κ3) is 4.55. The number of hydrogen-bond acceptors (Lipinski definition) is 5. The van der Waals surface area contributed by atoms with Gasteiger partial charge in [-0.25, -0.2) is 9.67 Å². The van der Waals surface area contributed by atoms with Crippen LogP contribution in [0.25, 0.3) is 16.7 Å². The summed E-state index contributed by atoms with van der Waals surface area (Å²) in [5.41, 5.74) is 0.975. The van der Waals surface area contributed by atoms with E-state index in [4.69, 9.17) is 11.6 Å². The number of amides is 1. The third-order valence-corrected chi connectivity index (χ3v) is 5.64. The molecule has 0 radical (unpaired) electrons. The van der Waals surface area contributed by atoms with Crippen molar-refractivity contribution in [3.8, 4) is 5.69 Å². The highest BCUT2D eigenvalue weighted by Gasteiger charge is 2.13. The zero-order valence-corrected chi connectivity index (χ0v) is 17.4. The van der Waals surface area contributed by atoms with Gasteiger partial charge in [-0.05, 0) is 36.4 Å². The molecule has 0 atom stereocenters. The lowest BCUT2D eigenvalue weighted by atomic mass is 10.3. The van der Waals surface area contributed by atoms with E-state index in [1.165, 1.54) is 17.1 Å². The third-order valence-electron chi connectivity index (χ3n) is 4.38. The van der Waals surface area contributed by atoms with Crippen molar-refractivity contribution in [2.45, 2.75) is 11.4 Å². The number of thioether (sulfide) groups is 1. The van der Waals surface area contributed by atoms with E-state index in [1.807, 2.05) is 54.6 Å². The van der Waals surface area contributed by atoms with Crippen LogP contribution in [0.2, 0.25) is 5.02 Å². The number of nitrogens with one attached hydrogen (secondary N) is 1. The van der Waals surface area contributed by atoms with E-state index in [9.17, 15) is 9.59 Å². The predicted octanol–water partition coefficient (Wildman–Crippen LogP) is 3.14. The summed E-state index contributed by atoms with van der Waals surface area (Å²) in [6.45, 7) is 0.395. The molecule has 1 N–H and O–H groups in total. The molecule has 2 heterocycles. The first kappa shape index (κ1) is 20.2. The minimum atomic E-state index is -0.298. The minimum absolute atomic E-state index is 0.0934. The lowest BCUT2D eigenvalue weighted by Gasteiger charge is -2.08. The molecule has 0 fully saturated rings. The van der Waals surface area contributed by atoms with Crippen LogP contribution in [-0.2, 0) is 11.3 Å². The summed E-state index contributed by atoms with van der Waals surface area (Å²) >= 11 is 7.49. The van der Waals surface area contributed by atoms with E-state index in [0.29, 0.717) is 28.4 Å². The number of nitrogens with zero attached hydrogens (tertiary/aromatic N) is 4. The Kier molecular flexibility index (Phi) is 6.15. The van der Waals surface area contributed by atoms with Crippen molar-refractivity contribution < 1.29 is 4.79 Å². The molecule has 0 aliphatic carbocycles. The van der Waals surface area contributed by atoms with Gasteiger partial charge in [-0.2, -0.15) is 5.10 Å². The number of hydrogen-bond donors (Lipinski definition) is 1. The minimum Gasteiger partial charge on any atom is -0.354 e. The monoisotopic (exact) mass is 439 g/mol. The van der Waals surface area contributed by atoms with Crippen LogP contribution in [0.1, 0.15) is 0 Å². The first-order chi connectivity index (χ1) is 14.6. The fourth-order valence-electron chi connectivity index (χ4n) is 2.92. The largest absolute Gasteiger partial charge is 0.354 e. The van der Waals surface area contributed by atoms with Crippen LogP contribution in [0.5, 0.6) is 0 Å². The highest BCUT2D eigenvalue weighted by atomic mass is 35.5.